The van der Waals surface area contributed by atoms with E-state index in [0.29, 0.717) is 6.54 Å². The average Bonchev–Trinajstić information content (AvgIpc) is 2.64. The SMILES string of the molecule is C#CCn1cnc(CC2CCCCC2)c1N. The van der Waals surface area contributed by atoms with Gasteiger partial charge in [-0.05, 0) is 12.3 Å². The zero-order chi connectivity index (χ0) is 11.4. The predicted molar refractivity (Wildman–Crippen MR) is 65.8 cm³/mol. The van der Waals surface area contributed by atoms with E-state index in [0.717, 1.165) is 23.9 Å². The summed E-state index contributed by atoms with van der Waals surface area (Å²) in [5.41, 5.74) is 7.04. The van der Waals surface area contributed by atoms with Gasteiger partial charge in [0.05, 0.1) is 18.6 Å². The molecule has 2 N–H and O–H groups in total. The second-order valence-electron chi connectivity index (χ2n) is 4.62. The Balaban J connectivity index is 2.01. The number of imidazole rings is 1. The van der Waals surface area contributed by atoms with Crippen molar-refractivity contribution in [3.8, 4) is 12.3 Å². The predicted octanol–water partition coefficient (Wildman–Crippen LogP) is 2.22. The van der Waals surface area contributed by atoms with Crippen molar-refractivity contribution in [2.75, 3.05) is 5.73 Å². The largest absolute Gasteiger partial charge is 0.384 e. The molecule has 1 heterocycles. The topological polar surface area (TPSA) is 43.8 Å². The van der Waals surface area contributed by atoms with Crippen LogP contribution >= 0.6 is 0 Å². The van der Waals surface area contributed by atoms with E-state index in [9.17, 15) is 0 Å². The van der Waals surface area contributed by atoms with E-state index in [2.05, 4.69) is 10.9 Å². The molecule has 1 aliphatic carbocycles. The van der Waals surface area contributed by atoms with Crippen molar-refractivity contribution in [1.82, 2.24) is 9.55 Å². The van der Waals surface area contributed by atoms with Crippen LogP contribution in [0.2, 0.25) is 0 Å². The third-order valence-electron chi connectivity index (χ3n) is 3.43. The summed E-state index contributed by atoms with van der Waals surface area (Å²) in [6, 6.07) is 0. The highest BCUT2D eigenvalue weighted by molar-refractivity contribution is 5.36. The molecule has 0 radical (unpaired) electrons. The van der Waals surface area contributed by atoms with Crippen LogP contribution in [0.5, 0.6) is 0 Å². The maximum absolute atomic E-state index is 6.01. The van der Waals surface area contributed by atoms with Crippen molar-refractivity contribution in [2.45, 2.75) is 45.1 Å². The lowest BCUT2D eigenvalue weighted by Crippen LogP contribution is -2.11. The number of hydrogen-bond acceptors (Lipinski definition) is 2. The fraction of sp³-hybridized carbons (Fsp3) is 0.615. The Morgan fingerprint density at radius 3 is 2.88 bits per heavy atom. The number of nitrogen functional groups attached to an aromatic ring is 1. The van der Waals surface area contributed by atoms with Gasteiger partial charge in [-0.3, -0.25) is 0 Å². The minimum Gasteiger partial charge on any atom is -0.384 e. The van der Waals surface area contributed by atoms with Crippen molar-refractivity contribution < 1.29 is 0 Å². The minimum atomic E-state index is 0.517. The number of hydrogen-bond donors (Lipinski definition) is 1. The van der Waals surface area contributed by atoms with Crippen molar-refractivity contribution in [2.24, 2.45) is 5.92 Å². The number of terminal acetylenes is 1. The monoisotopic (exact) mass is 217 g/mol. The number of nitrogens with two attached hydrogens (primary N) is 1. The quantitative estimate of drug-likeness (QED) is 0.789. The molecule has 86 valence electrons. The van der Waals surface area contributed by atoms with Gasteiger partial charge in [-0.15, -0.1) is 6.42 Å². The third-order valence-corrected chi connectivity index (χ3v) is 3.43. The molecular weight excluding hydrogens is 198 g/mol. The summed E-state index contributed by atoms with van der Waals surface area (Å²) in [5.74, 6) is 4.11. The van der Waals surface area contributed by atoms with E-state index in [4.69, 9.17) is 12.2 Å². The zero-order valence-corrected chi connectivity index (χ0v) is 9.65. The second-order valence-corrected chi connectivity index (χ2v) is 4.62. The number of anilines is 1. The maximum Gasteiger partial charge on any atom is 0.127 e. The van der Waals surface area contributed by atoms with Crippen molar-refractivity contribution in [3.05, 3.63) is 12.0 Å². The smallest absolute Gasteiger partial charge is 0.127 e. The van der Waals surface area contributed by atoms with Crippen LogP contribution in [0.3, 0.4) is 0 Å². The van der Waals surface area contributed by atoms with Gasteiger partial charge < -0.3 is 10.3 Å². The van der Waals surface area contributed by atoms with Crippen LogP contribution in [0.4, 0.5) is 5.82 Å². The molecule has 2 rings (SSSR count). The maximum atomic E-state index is 6.01. The molecule has 0 aromatic carbocycles. The van der Waals surface area contributed by atoms with Gasteiger partial charge in [-0.2, -0.15) is 0 Å². The highest BCUT2D eigenvalue weighted by Crippen LogP contribution is 2.27. The normalized spacial score (nSPS) is 17.2. The highest BCUT2D eigenvalue weighted by atomic mass is 15.1. The summed E-state index contributed by atoms with van der Waals surface area (Å²) in [6.45, 7) is 0.517. The molecule has 0 spiro atoms. The molecule has 1 saturated carbocycles. The van der Waals surface area contributed by atoms with Crippen molar-refractivity contribution in [1.29, 1.82) is 0 Å². The number of rotatable bonds is 3. The Hall–Kier alpha value is -1.43. The molecule has 1 aliphatic rings. The molecule has 0 bridgehead atoms. The number of nitrogens with zero attached hydrogens (tertiary/aromatic N) is 2. The van der Waals surface area contributed by atoms with Gasteiger partial charge >= 0.3 is 0 Å². The fourth-order valence-electron chi connectivity index (χ4n) is 2.48. The van der Waals surface area contributed by atoms with Crippen LogP contribution in [-0.2, 0) is 13.0 Å². The summed E-state index contributed by atoms with van der Waals surface area (Å²) in [6.07, 6.45) is 14.8. The van der Waals surface area contributed by atoms with Crippen molar-refractivity contribution >= 4 is 5.82 Å². The molecular formula is C13H19N3. The number of aromatic nitrogens is 2. The fourth-order valence-corrected chi connectivity index (χ4v) is 2.48. The zero-order valence-electron chi connectivity index (χ0n) is 9.65. The molecule has 0 saturated heterocycles. The summed E-state index contributed by atoms with van der Waals surface area (Å²) < 4.78 is 1.85. The lowest BCUT2D eigenvalue weighted by Gasteiger charge is -2.20. The van der Waals surface area contributed by atoms with Gasteiger partial charge in [0.15, 0.2) is 0 Å². The van der Waals surface area contributed by atoms with Gasteiger partial charge in [-0.1, -0.05) is 38.0 Å². The van der Waals surface area contributed by atoms with E-state index in [1.165, 1.54) is 32.1 Å². The summed E-state index contributed by atoms with van der Waals surface area (Å²) in [4.78, 5) is 4.37. The lowest BCUT2D eigenvalue weighted by atomic mass is 9.86. The summed E-state index contributed by atoms with van der Waals surface area (Å²) in [5, 5.41) is 0. The molecule has 0 unspecified atom stereocenters. The van der Waals surface area contributed by atoms with Crippen LogP contribution in [-0.4, -0.2) is 9.55 Å². The molecule has 16 heavy (non-hydrogen) atoms. The van der Waals surface area contributed by atoms with E-state index in [1.54, 1.807) is 6.33 Å². The van der Waals surface area contributed by atoms with E-state index in [-0.39, 0.29) is 0 Å². The average molecular weight is 217 g/mol. The van der Waals surface area contributed by atoms with E-state index >= 15 is 0 Å². The highest BCUT2D eigenvalue weighted by Gasteiger charge is 2.17. The van der Waals surface area contributed by atoms with Gasteiger partial charge in [0.2, 0.25) is 0 Å². The van der Waals surface area contributed by atoms with Crippen LogP contribution < -0.4 is 5.73 Å². The first-order valence-corrected chi connectivity index (χ1v) is 6.04. The Kier molecular flexibility index (Phi) is 3.51. The molecule has 1 fully saturated rings. The van der Waals surface area contributed by atoms with Gasteiger partial charge in [0, 0.05) is 0 Å². The molecule has 1 aromatic heterocycles. The Bertz CT molecular complexity index is 380. The molecule has 3 heteroatoms. The van der Waals surface area contributed by atoms with Crippen LogP contribution in [0, 0.1) is 18.3 Å². The third kappa shape index (κ3) is 2.38. The first-order valence-electron chi connectivity index (χ1n) is 6.04. The molecule has 0 amide bonds. The minimum absolute atomic E-state index is 0.517. The first kappa shape index (κ1) is 11.1. The lowest BCUT2D eigenvalue weighted by molar-refractivity contribution is 0.355. The molecule has 1 aromatic rings. The van der Waals surface area contributed by atoms with Gasteiger partial charge in [-0.25, -0.2) is 4.98 Å². The Labute approximate surface area is 97.1 Å². The Morgan fingerprint density at radius 1 is 1.44 bits per heavy atom. The Morgan fingerprint density at radius 2 is 2.19 bits per heavy atom. The molecule has 3 nitrogen and oxygen atoms in total. The van der Waals surface area contributed by atoms with Gasteiger partial charge in [0.25, 0.3) is 0 Å². The van der Waals surface area contributed by atoms with E-state index in [1.807, 2.05) is 4.57 Å². The standard InChI is InChI=1S/C13H19N3/c1-2-8-16-10-15-12(13(16)14)9-11-6-4-3-5-7-11/h1,10-11H,3-9,14H2. The van der Waals surface area contributed by atoms with Crippen LogP contribution in [0.15, 0.2) is 6.33 Å². The van der Waals surface area contributed by atoms with Crippen molar-refractivity contribution in [3.63, 3.8) is 0 Å². The van der Waals surface area contributed by atoms with E-state index < -0.39 is 0 Å². The van der Waals surface area contributed by atoms with Crippen LogP contribution in [0.25, 0.3) is 0 Å². The molecule has 0 aliphatic heterocycles. The second kappa shape index (κ2) is 5.07. The van der Waals surface area contributed by atoms with Crippen LogP contribution in [0.1, 0.15) is 37.8 Å². The van der Waals surface area contributed by atoms with Gasteiger partial charge in [0.1, 0.15) is 5.82 Å². The summed E-state index contributed by atoms with van der Waals surface area (Å²) >= 11 is 0. The first-order chi connectivity index (χ1) is 7.81. The molecule has 0 atom stereocenters. The summed E-state index contributed by atoms with van der Waals surface area (Å²) in [7, 11) is 0.